The van der Waals surface area contributed by atoms with Crippen molar-refractivity contribution < 1.29 is 24.3 Å². The van der Waals surface area contributed by atoms with Crippen molar-refractivity contribution >= 4 is 19.1 Å². The Kier molecular flexibility index (Phi) is 4.96. The highest BCUT2D eigenvalue weighted by molar-refractivity contribution is 6.38. The molecule has 10 heteroatoms. The molecule has 21 heavy (non-hydrogen) atoms. The number of carbonyl (C=O) groups is 1. The lowest BCUT2D eigenvalue weighted by molar-refractivity contribution is -0.135. The number of hydrogen-bond acceptors (Lipinski definition) is 8. The molecule has 1 aliphatic rings. The van der Waals surface area contributed by atoms with Gasteiger partial charge in [-0.2, -0.15) is 0 Å². The van der Waals surface area contributed by atoms with Crippen molar-refractivity contribution in [3.63, 3.8) is 0 Å². The van der Waals surface area contributed by atoms with Crippen LogP contribution < -0.4 is 0 Å². The third-order valence-corrected chi connectivity index (χ3v) is 2.75. The third kappa shape index (κ3) is 3.83. The first-order valence-electron chi connectivity index (χ1n) is 6.17. The van der Waals surface area contributed by atoms with Gasteiger partial charge < -0.3 is 28.9 Å². The van der Waals surface area contributed by atoms with E-state index in [2.05, 4.69) is 14.7 Å². The smallest absolute Gasteiger partial charge is 0.475 e. The molecule has 0 amide bonds. The van der Waals surface area contributed by atoms with Crippen molar-refractivity contribution in [3.05, 3.63) is 30.5 Å². The second-order valence-electron chi connectivity index (χ2n) is 4.15. The Bertz CT molecular complexity index is 543. The first-order valence-corrected chi connectivity index (χ1v) is 6.17. The molecule has 0 aliphatic carbocycles. The molecule has 112 valence electrons. The second kappa shape index (κ2) is 6.91. The normalized spacial score (nSPS) is 14.3. The van der Waals surface area contributed by atoms with E-state index in [1.54, 1.807) is 18.7 Å². The van der Waals surface area contributed by atoms with Crippen LogP contribution in [0.15, 0.2) is 35.5 Å². The molecule has 0 spiro atoms. The monoisotopic (exact) mass is 294 g/mol. The highest BCUT2D eigenvalue weighted by atomic mass is 16.5. The van der Waals surface area contributed by atoms with Crippen LogP contribution in [0.2, 0.25) is 0 Å². The Hall–Kier alpha value is -2.33. The van der Waals surface area contributed by atoms with E-state index in [1.807, 2.05) is 4.57 Å². The van der Waals surface area contributed by atoms with Crippen LogP contribution in [-0.4, -0.2) is 63.9 Å². The van der Waals surface area contributed by atoms with Crippen molar-refractivity contribution in [2.45, 2.75) is 6.54 Å². The molecule has 0 bridgehead atoms. The summed E-state index contributed by atoms with van der Waals surface area (Å²) in [6.45, 7) is 0.795. The predicted octanol–water partition coefficient (Wildman–Crippen LogP) is -1.40. The van der Waals surface area contributed by atoms with E-state index < -0.39 is 13.2 Å². The van der Waals surface area contributed by atoms with Gasteiger partial charge in [0.25, 0.3) is 0 Å². The van der Waals surface area contributed by atoms with Crippen LogP contribution in [0, 0.1) is 0 Å². The van der Waals surface area contributed by atoms with Crippen LogP contribution in [0.5, 0.6) is 0 Å². The molecule has 0 unspecified atom stereocenters. The fourth-order valence-electron chi connectivity index (χ4n) is 1.67. The van der Waals surface area contributed by atoms with Gasteiger partial charge in [0.05, 0.1) is 20.0 Å². The fraction of sp³-hybridized carbons (Fsp3) is 0.364. The zero-order chi connectivity index (χ0) is 15.2. The number of esters is 1. The van der Waals surface area contributed by atoms with Gasteiger partial charge in [0.2, 0.25) is 5.90 Å². The summed E-state index contributed by atoms with van der Waals surface area (Å²) in [4.78, 5) is 20.7. The zero-order valence-corrected chi connectivity index (χ0v) is 11.4. The summed E-state index contributed by atoms with van der Waals surface area (Å²) in [6, 6.07) is 0. The highest BCUT2D eigenvalue weighted by Gasteiger charge is 2.28. The number of aliphatic imine (C=N–C) groups is 1. The van der Waals surface area contributed by atoms with Gasteiger partial charge in [-0.25, -0.2) is 14.8 Å². The minimum Gasteiger partial charge on any atom is -0.475 e. The molecule has 1 aromatic heterocycles. The topological polar surface area (TPSA) is 109 Å². The van der Waals surface area contributed by atoms with Crippen LogP contribution in [0.25, 0.3) is 0 Å². The number of aromatic nitrogens is 2. The van der Waals surface area contributed by atoms with Gasteiger partial charge >= 0.3 is 13.2 Å². The number of ether oxygens (including phenoxy) is 2. The van der Waals surface area contributed by atoms with E-state index in [-0.39, 0.29) is 24.7 Å². The molecular formula is C11H15BN4O5. The first-order chi connectivity index (χ1) is 10.1. The molecule has 0 fully saturated rings. The average Bonchev–Trinajstić information content (AvgIpc) is 2.99. The maximum atomic E-state index is 11.7. The minimum absolute atomic E-state index is 0.0292. The molecule has 2 heterocycles. The Morgan fingerprint density at radius 3 is 2.95 bits per heavy atom. The summed E-state index contributed by atoms with van der Waals surface area (Å²) in [5, 5.41) is 18.2. The Balaban J connectivity index is 2.00. The van der Waals surface area contributed by atoms with E-state index in [0.717, 1.165) is 4.81 Å². The van der Waals surface area contributed by atoms with Crippen molar-refractivity contribution in [1.29, 1.82) is 0 Å². The Morgan fingerprint density at radius 2 is 2.33 bits per heavy atom. The van der Waals surface area contributed by atoms with Gasteiger partial charge in [-0.15, -0.1) is 0 Å². The van der Waals surface area contributed by atoms with Crippen molar-refractivity contribution in [3.8, 4) is 0 Å². The van der Waals surface area contributed by atoms with Crippen molar-refractivity contribution in [1.82, 2.24) is 14.4 Å². The van der Waals surface area contributed by atoms with E-state index in [9.17, 15) is 4.79 Å². The lowest BCUT2D eigenvalue weighted by Crippen LogP contribution is -2.40. The van der Waals surface area contributed by atoms with Gasteiger partial charge in [-0.1, -0.05) is 0 Å². The lowest BCUT2D eigenvalue weighted by atomic mass is 10.1. The average molecular weight is 294 g/mol. The summed E-state index contributed by atoms with van der Waals surface area (Å²) in [5.74, 6) is -0.555. The summed E-state index contributed by atoms with van der Waals surface area (Å²) < 4.78 is 11.9. The molecular weight excluding hydrogens is 279 g/mol. The molecule has 1 aromatic rings. The fourth-order valence-corrected chi connectivity index (χ4v) is 1.67. The Labute approximate surface area is 121 Å². The zero-order valence-electron chi connectivity index (χ0n) is 11.4. The highest BCUT2D eigenvalue weighted by Crippen LogP contribution is 2.12. The second-order valence-corrected chi connectivity index (χ2v) is 4.15. The van der Waals surface area contributed by atoms with Crippen molar-refractivity contribution in [2.75, 3.05) is 20.4 Å². The Morgan fingerprint density at radius 1 is 1.52 bits per heavy atom. The van der Waals surface area contributed by atoms with E-state index in [1.165, 1.54) is 13.3 Å². The van der Waals surface area contributed by atoms with Gasteiger partial charge in [-0.3, -0.25) is 0 Å². The number of carbonyl (C=O) groups excluding carboxylic acids is 1. The lowest BCUT2D eigenvalue weighted by Gasteiger charge is -2.23. The molecule has 1 aliphatic heterocycles. The molecule has 2 N–H and O–H groups in total. The number of imidazole rings is 1. The largest absolute Gasteiger partial charge is 0.588 e. The summed E-state index contributed by atoms with van der Waals surface area (Å²) in [6.07, 6.45) is 6.33. The van der Waals surface area contributed by atoms with Gasteiger partial charge in [-0.05, 0) is 0 Å². The molecule has 0 saturated carbocycles. The molecule has 9 nitrogen and oxygen atoms in total. The maximum absolute atomic E-state index is 11.7. The van der Waals surface area contributed by atoms with Gasteiger partial charge in [0.1, 0.15) is 18.8 Å². The predicted molar refractivity (Wildman–Crippen MR) is 72.6 cm³/mol. The van der Waals surface area contributed by atoms with Crippen LogP contribution in [0.1, 0.15) is 0 Å². The third-order valence-electron chi connectivity index (χ3n) is 2.75. The van der Waals surface area contributed by atoms with Gasteiger partial charge in [0, 0.05) is 18.6 Å². The van der Waals surface area contributed by atoms with Crippen LogP contribution in [-0.2, 0) is 20.8 Å². The summed E-state index contributed by atoms with van der Waals surface area (Å²) in [7, 11) is -0.526. The van der Waals surface area contributed by atoms with Gasteiger partial charge in [0.15, 0.2) is 0 Å². The van der Waals surface area contributed by atoms with Crippen molar-refractivity contribution in [2.24, 2.45) is 4.99 Å². The molecule has 0 atom stereocenters. The van der Waals surface area contributed by atoms with Crippen LogP contribution in [0.4, 0.5) is 0 Å². The summed E-state index contributed by atoms with van der Waals surface area (Å²) in [5.41, 5.74) is 0.0301. The standard InChI is InChI=1S/C11H15BN4O5/c1-20-11(17)9-6-16(12(18)19)8-14-10(9)21-5-4-15-3-2-13-7-15/h2-3,6-7,18-19H,4-5,8H2,1H3. The number of rotatable bonds is 5. The molecule has 0 radical (unpaired) electrons. The van der Waals surface area contributed by atoms with E-state index in [0.29, 0.717) is 6.54 Å². The first kappa shape index (κ1) is 15.1. The molecule has 2 rings (SSSR count). The van der Waals surface area contributed by atoms with Crippen LogP contribution in [0.3, 0.4) is 0 Å². The number of nitrogens with zero attached hydrogens (tertiary/aromatic N) is 4. The SMILES string of the molecule is COC(=O)C1=CN(B(O)O)CN=C1OCCn1ccnc1. The molecule has 0 aromatic carbocycles. The number of methoxy groups -OCH3 is 1. The molecule has 0 saturated heterocycles. The quantitative estimate of drug-likeness (QED) is 0.507. The maximum Gasteiger partial charge on any atom is 0.588 e. The van der Waals surface area contributed by atoms with E-state index in [4.69, 9.17) is 14.8 Å². The van der Waals surface area contributed by atoms with E-state index >= 15 is 0 Å². The minimum atomic E-state index is -1.75. The summed E-state index contributed by atoms with van der Waals surface area (Å²) >= 11 is 0. The van der Waals surface area contributed by atoms with Crippen LogP contribution >= 0.6 is 0 Å². The number of hydrogen-bond donors (Lipinski definition) is 2.